The molecular weight excluding hydrogens is 229 g/mol. The van der Waals surface area contributed by atoms with Crippen LogP contribution in [-0.2, 0) is 0 Å². The maximum atomic E-state index is 13.0. The van der Waals surface area contributed by atoms with E-state index in [4.69, 9.17) is 5.21 Å². The van der Waals surface area contributed by atoms with Gasteiger partial charge in [0.15, 0.2) is 0 Å². The standard InChI is InChI=1S/C15H18FNO/c1-2-3-4-11-7-10-14(17-18)15(11)12-5-8-13(16)9-6-12/h5-6,8-9,18H,2-4,7,10H2,1H3/b17-14+. The van der Waals surface area contributed by atoms with Crippen LogP contribution in [0.5, 0.6) is 0 Å². The average molecular weight is 247 g/mol. The quantitative estimate of drug-likeness (QED) is 0.621. The van der Waals surface area contributed by atoms with Gasteiger partial charge in [0.25, 0.3) is 0 Å². The van der Waals surface area contributed by atoms with E-state index in [-0.39, 0.29) is 5.82 Å². The van der Waals surface area contributed by atoms with Gasteiger partial charge in [-0.3, -0.25) is 0 Å². The molecule has 0 aromatic heterocycles. The van der Waals surface area contributed by atoms with E-state index in [1.54, 1.807) is 12.1 Å². The minimum atomic E-state index is -0.241. The highest BCUT2D eigenvalue weighted by Crippen LogP contribution is 2.34. The van der Waals surface area contributed by atoms with Gasteiger partial charge in [0.05, 0.1) is 5.71 Å². The van der Waals surface area contributed by atoms with E-state index >= 15 is 0 Å². The van der Waals surface area contributed by atoms with E-state index in [9.17, 15) is 4.39 Å². The summed E-state index contributed by atoms with van der Waals surface area (Å²) in [5.74, 6) is -0.241. The van der Waals surface area contributed by atoms with Gasteiger partial charge in [0.2, 0.25) is 0 Å². The van der Waals surface area contributed by atoms with E-state index in [0.29, 0.717) is 0 Å². The molecule has 0 fully saturated rings. The molecule has 2 rings (SSSR count). The first kappa shape index (κ1) is 12.8. The Bertz CT molecular complexity index is 474. The van der Waals surface area contributed by atoms with Crippen LogP contribution in [0.4, 0.5) is 4.39 Å². The number of hydrogen-bond donors (Lipinski definition) is 1. The van der Waals surface area contributed by atoms with Crippen molar-refractivity contribution in [2.75, 3.05) is 0 Å². The monoisotopic (exact) mass is 247 g/mol. The molecule has 1 aromatic carbocycles. The Balaban J connectivity index is 2.36. The van der Waals surface area contributed by atoms with Crippen molar-refractivity contribution in [2.24, 2.45) is 5.16 Å². The van der Waals surface area contributed by atoms with Gasteiger partial charge in [0, 0.05) is 5.57 Å². The lowest BCUT2D eigenvalue weighted by Gasteiger charge is -2.07. The van der Waals surface area contributed by atoms with Crippen molar-refractivity contribution < 1.29 is 9.60 Å². The molecule has 0 unspecified atom stereocenters. The summed E-state index contributed by atoms with van der Waals surface area (Å²) in [5.41, 5.74) is 4.03. The number of allylic oxidation sites excluding steroid dienone is 2. The highest BCUT2D eigenvalue weighted by atomic mass is 19.1. The number of oxime groups is 1. The molecular formula is C15H18FNO. The Morgan fingerprint density at radius 1 is 1.22 bits per heavy atom. The van der Waals surface area contributed by atoms with Crippen LogP contribution in [0.3, 0.4) is 0 Å². The lowest BCUT2D eigenvalue weighted by molar-refractivity contribution is 0.319. The smallest absolute Gasteiger partial charge is 0.123 e. The SMILES string of the molecule is CCCCC1=C(c2ccc(F)cc2)/C(=N/O)CC1. The summed E-state index contributed by atoms with van der Waals surface area (Å²) in [6.45, 7) is 2.16. The lowest BCUT2D eigenvalue weighted by atomic mass is 9.98. The van der Waals surface area contributed by atoms with Gasteiger partial charge >= 0.3 is 0 Å². The Morgan fingerprint density at radius 3 is 2.56 bits per heavy atom. The number of unbranched alkanes of at least 4 members (excludes halogenated alkanes) is 1. The number of nitrogens with zero attached hydrogens (tertiary/aromatic N) is 1. The van der Waals surface area contributed by atoms with Crippen LogP contribution in [0.1, 0.15) is 44.6 Å². The predicted octanol–water partition coefficient (Wildman–Crippen LogP) is 4.39. The van der Waals surface area contributed by atoms with Crippen LogP contribution >= 0.6 is 0 Å². The second kappa shape index (κ2) is 5.80. The molecule has 0 saturated carbocycles. The van der Waals surface area contributed by atoms with E-state index in [0.717, 1.165) is 49.0 Å². The van der Waals surface area contributed by atoms with Crippen molar-refractivity contribution in [1.29, 1.82) is 0 Å². The summed E-state index contributed by atoms with van der Waals surface area (Å²) < 4.78 is 13.0. The number of hydrogen-bond acceptors (Lipinski definition) is 2. The second-order valence-electron chi connectivity index (χ2n) is 4.64. The summed E-state index contributed by atoms with van der Waals surface area (Å²) in [5, 5.41) is 12.5. The normalized spacial score (nSPS) is 17.8. The molecule has 0 amide bonds. The molecule has 1 aliphatic rings. The van der Waals surface area contributed by atoms with E-state index < -0.39 is 0 Å². The van der Waals surface area contributed by atoms with Gasteiger partial charge in [-0.05, 0) is 43.4 Å². The first-order valence-electron chi connectivity index (χ1n) is 6.45. The molecule has 3 heteroatoms. The maximum Gasteiger partial charge on any atom is 0.123 e. The van der Waals surface area contributed by atoms with Gasteiger partial charge in [0.1, 0.15) is 5.82 Å². The Labute approximate surface area is 107 Å². The third kappa shape index (κ3) is 2.61. The highest BCUT2D eigenvalue weighted by molar-refractivity contribution is 6.26. The summed E-state index contributed by atoms with van der Waals surface area (Å²) in [4.78, 5) is 0. The molecule has 0 spiro atoms. The third-order valence-corrected chi connectivity index (χ3v) is 3.39. The Hall–Kier alpha value is -1.64. The van der Waals surface area contributed by atoms with E-state index in [1.807, 2.05) is 0 Å². The molecule has 0 radical (unpaired) electrons. The van der Waals surface area contributed by atoms with Gasteiger partial charge in [-0.25, -0.2) is 4.39 Å². The fraction of sp³-hybridized carbons (Fsp3) is 0.400. The number of halogens is 1. The Kier molecular flexibility index (Phi) is 4.13. The summed E-state index contributed by atoms with van der Waals surface area (Å²) in [6, 6.07) is 6.42. The minimum absolute atomic E-state index is 0.241. The molecule has 0 heterocycles. The van der Waals surface area contributed by atoms with Crippen LogP contribution in [-0.4, -0.2) is 10.9 Å². The molecule has 0 aliphatic heterocycles. The van der Waals surface area contributed by atoms with Crippen molar-refractivity contribution in [3.63, 3.8) is 0 Å². The fourth-order valence-corrected chi connectivity index (χ4v) is 2.45. The zero-order chi connectivity index (χ0) is 13.0. The van der Waals surface area contributed by atoms with Crippen LogP contribution in [0, 0.1) is 5.82 Å². The van der Waals surface area contributed by atoms with Crippen LogP contribution in [0.25, 0.3) is 5.57 Å². The first-order valence-corrected chi connectivity index (χ1v) is 6.45. The highest BCUT2D eigenvalue weighted by Gasteiger charge is 2.22. The molecule has 0 atom stereocenters. The van der Waals surface area contributed by atoms with Gasteiger partial charge < -0.3 is 5.21 Å². The van der Waals surface area contributed by atoms with Crippen LogP contribution < -0.4 is 0 Å². The first-order chi connectivity index (χ1) is 8.76. The number of rotatable bonds is 4. The summed E-state index contributed by atoms with van der Waals surface area (Å²) >= 11 is 0. The molecule has 0 saturated heterocycles. The van der Waals surface area contributed by atoms with Crippen molar-refractivity contribution >= 4 is 11.3 Å². The third-order valence-electron chi connectivity index (χ3n) is 3.39. The predicted molar refractivity (Wildman–Crippen MR) is 71.3 cm³/mol. The van der Waals surface area contributed by atoms with Crippen LogP contribution in [0.15, 0.2) is 35.0 Å². The lowest BCUT2D eigenvalue weighted by Crippen LogP contribution is -1.97. The summed E-state index contributed by atoms with van der Waals surface area (Å²) in [6.07, 6.45) is 5.04. The molecule has 0 bridgehead atoms. The summed E-state index contributed by atoms with van der Waals surface area (Å²) in [7, 11) is 0. The van der Waals surface area contributed by atoms with Gasteiger partial charge in [-0.2, -0.15) is 0 Å². The van der Waals surface area contributed by atoms with E-state index in [2.05, 4.69) is 12.1 Å². The largest absolute Gasteiger partial charge is 0.411 e. The Morgan fingerprint density at radius 2 is 1.94 bits per heavy atom. The van der Waals surface area contributed by atoms with E-state index in [1.165, 1.54) is 17.7 Å². The molecule has 18 heavy (non-hydrogen) atoms. The molecule has 1 aliphatic carbocycles. The van der Waals surface area contributed by atoms with Crippen LogP contribution in [0.2, 0.25) is 0 Å². The van der Waals surface area contributed by atoms with Crippen molar-refractivity contribution in [2.45, 2.75) is 39.0 Å². The number of benzene rings is 1. The van der Waals surface area contributed by atoms with Crippen molar-refractivity contribution in [3.8, 4) is 0 Å². The molecule has 96 valence electrons. The minimum Gasteiger partial charge on any atom is -0.411 e. The van der Waals surface area contributed by atoms with Gasteiger partial charge in [-0.1, -0.05) is 36.2 Å². The topological polar surface area (TPSA) is 32.6 Å². The fourth-order valence-electron chi connectivity index (χ4n) is 2.45. The average Bonchev–Trinajstić information content (AvgIpc) is 2.80. The maximum absolute atomic E-state index is 13.0. The zero-order valence-electron chi connectivity index (χ0n) is 10.6. The van der Waals surface area contributed by atoms with Crippen molar-refractivity contribution in [3.05, 3.63) is 41.2 Å². The molecule has 1 aromatic rings. The molecule has 2 nitrogen and oxygen atoms in total. The second-order valence-corrected chi connectivity index (χ2v) is 4.64. The van der Waals surface area contributed by atoms with Crippen molar-refractivity contribution in [1.82, 2.24) is 0 Å². The zero-order valence-corrected chi connectivity index (χ0v) is 10.6. The molecule has 1 N–H and O–H groups in total. The van der Waals surface area contributed by atoms with Gasteiger partial charge in [-0.15, -0.1) is 0 Å².